The molecule has 4 rings (SSSR count). The van der Waals surface area contributed by atoms with E-state index in [1.807, 2.05) is 64.3 Å². The van der Waals surface area contributed by atoms with Crippen LogP contribution in [0.1, 0.15) is 34.6 Å². The Labute approximate surface area is 234 Å². The zero-order chi connectivity index (χ0) is 28.8. The molecule has 0 aliphatic heterocycles. The van der Waals surface area contributed by atoms with E-state index in [9.17, 15) is 9.59 Å². The number of hydrogen-bond acceptors (Lipinski definition) is 7. The van der Waals surface area contributed by atoms with Crippen LogP contribution in [0.2, 0.25) is 0 Å². The van der Waals surface area contributed by atoms with Gasteiger partial charge in [-0.05, 0) is 83.2 Å². The number of rotatable bonds is 11. The third-order valence-corrected chi connectivity index (χ3v) is 6.68. The van der Waals surface area contributed by atoms with Crippen LogP contribution in [0.3, 0.4) is 0 Å². The molecule has 9 nitrogen and oxygen atoms in total. The van der Waals surface area contributed by atoms with E-state index in [1.165, 1.54) is 12.0 Å². The van der Waals surface area contributed by atoms with Crippen LogP contribution in [-0.2, 0) is 4.79 Å². The molecule has 1 heterocycles. The standard InChI is InChI=1S/C31H35N5O4/c1-20-12-15-26(27(18-20)40-17-8-7-16-35(3)4)36(5)31(38)24-14-13-23(30(39-6)29(24)32-19-37)22-10-9-11-25-28(22)34-21(2)33-25/h9-15,18H,7-8,16-17H2,1-6H3,(H,33,34). The minimum absolute atomic E-state index is 0.106. The molecule has 0 saturated heterocycles. The van der Waals surface area contributed by atoms with Crippen molar-refractivity contribution in [2.75, 3.05) is 46.3 Å². The molecule has 1 aromatic heterocycles. The van der Waals surface area contributed by atoms with Crippen LogP contribution in [0.5, 0.6) is 11.5 Å². The summed E-state index contributed by atoms with van der Waals surface area (Å²) in [5, 5.41) is 0. The van der Waals surface area contributed by atoms with Gasteiger partial charge in [-0.2, -0.15) is 4.99 Å². The summed E-state index contributed by atoms with van der Waals surface area (Å²) in [5.74, 6) is 1.31. The van der Waals surface area contributed by atoms with Crippen LogP contribution >= 0.6 is 0 Å². The number of aromatic nitrogens is 2. The highest BCUT2D eigenvalue weighted by atomic mass is 16.5. The molecular formula is C31H35N5O4. The topological polar surface area (TPSA) is 100 Å². The highest BCUT2D eigenvalue weighted by Gasteiger charge is 2.25. The molecule has 0 atom stereocenters. The van der Waals surface area contributed by atoms with Gasteiger partial charge in [0.15, 0.2) is 5.75 Å². The molecular weight excluding hydrogens is 506 g/mol. The number of nitrogens with zero attached hydrogens (tertiary/aromatic N) is 4. The van der Waals surface area contributed by atoms with Gasteiger partial charge in [0, 0.05) is 18.2 Å². The summed E-state index contributed by atoms with van der Waals surface area (Å²) in [6, 6.07) is 14.9. The average Bonchev–Trinajstić information content (AvgIpc) is 3.32. The lowest BCUT2D eigenvalue weighted by molar-refractivity contribution is 0.0992. The number of aliphatic imine (C=N–C) groups is 1. The van der Waals surface area contributed by atoms with Gasteiger partial charge >= 0.3 is 0 Å². The molecule has 9 heteroatoms. The van der Waals surface area contributed by atoms with Gasteiger partial charge in [-0.1, -0.05) is 18.2 Å². The number of carbonyl (C=O) groups is 1. The van der Waals surface area contributed by atoms with Gasteiger partial charge in [0.25, 0.3) is 5.91 Å². The SMILES string of the molecule is COc1c(-c2cccc3[nH]c(C)nc23)ccc(C(=O)N(C)c2ccc(C)cc2OCCCCN(C)C)c1N=C=O. The second-order valence-corrected chi connectivity index (χ2v) is 9.96. The highest BCUT2D eigenvalue weighted by molar-refractivity contribution is 6.11. The zero-order valence-corrected chi connectivity index (χ0v) is 23.9. The number of amides is 1. The molecule has 1 amide bonds. The van der Waals surface area contributed by atoms with E-state index in [0.29, 0.717) is 23.6 Å². The van der Waals surface area contributed by atoms with E-state index >= 15 is 0 Å². The Morgan fingerprint density at radius 3 is 2.58 bits per heavy atom. The van der Waals surface area contributed by atoms with Gasteiger partial charge in [0.05, 0.1) is 36.0 Å². The molecule has 4 aromatic rings. The lowest BCUT2D eigenvalue weighted by atomic mass is 9.98. The van der Waals surface area contributed by atoms with Crippen LogP contribution in [0.25, 0.3) is 22.2 Å². The zero-order valence-electron chi connectivity index (χ0n) is 23.9. The Bertz CT molecular complexity index is 1570. The number of benzene rings is 3. The molecule has 0 saturated carbocycles. The van der Waals surface area contributed by atoms with Gasteiger partial charge in [0.2, 0.25) is 6.08 Å². The third kappa shape index (κ3) is 6.06. The molecule has 0 aliphatic rings. The van der Waals surface area contributed by atoms with E-state index in [4.69, 9.17) is 9.47 Å². The van der Waals surface area contributed by atoms with Crippen molar-refractivity contribution < 1.29 is 19.1 Å². The van der Waals surface area contributed by atoms with Gasteiger partial charge in [-0.3, -0.25) is 4.79 Å². The molecule has 40 heavy (non-hydrogen) atoms. The van der Waals surface area contributed by atoms with Crippen molar-refractivity contribution in [3.8, 4) is 22.6 Å². The smallest absolute Gasteiger partial charge is 0.260 e. The number of fused-ring (bicyclic) bond motifs is 1. The number of ether oxygens (including phenoxy) is 2. The maximum absolute atomic E-state index is 13.9. The van der Waals surface area contributed by atoms with Crippen molar-refractivity contribution in [3.05, 3.63) is 65.5 Å². The van der Waals surface area contributed by atoms with Crippen molar-refractivity contribution in [1.82, 2.24) is 14.9 Å². The first kappa shape index (κ1) is 28.5. The maximum Gasteiger partial charge on any atom is 0.260 e. The maximum atomic E-state index is 13.9. The molecule has 0 unspecified atom stereocenters. The molecule has 3 aromatic carbocycles. The van der Waals surface area contributed by atoms with Crippen molar-refractivity contribution in [2.24, 2.45) is 4.99 Å². The van der Waals surface area contributed by atoms with E-state index in [1.54, 1.807) is 25.3 Å². The molecule has 1 N–H and O–H groups in total. The summed E-state index contributed by atoms with van der Waals surface area (Å²) in [5.41, 5.74) is 5.01. The summed E-state index contributed by atoms with van der Waals surface area (Å²) < 4.78 is 11.9. The number of unbranched alkanes of at least 4 members (excludes halogenated alkanes) is 1. The monoisotopic (exact) mass is 541 g/mol. The van der Waals surface area contributed by atoms with Crippen LogP contribution in [-0.4, -0.2) is 68.3 Å². The quantitative estimate of drug-likeness (QED) is 0.146. The van der Waals surface area contributed by atoms with E-state index in [-0.39, 0.29) is 22.9 Å². The van der Waals surface area contributed by atoms with Crippen LogP contribution in [0.4, 0.5) is 11.4 Å². The first-order chi connectivity index (χ1) is 19.2. The third-order valence-electron chi connectivity index (χ3n) is 6.68. The number of hydrogen-bond donors (Lipinski definition) is 1. The van der Waals surface area contributed by atoms with E-state index in [2.05, 4.69) is 19.9 Å². The first-order valence-electron chi connectivity index (χ1n) is 13.2. The van der Waals surface area contributed by atoms with Crippen LogP contribution in [0.15, 0.2) is 53.5 Å². The van der Waals surface area contributed by atoms with Gasteiger partial charge < -0.3 is 24.3 Å². The molecule has 0 fully saturated rings. The Balaban J connectivity index is 1.71. The predicted octanol–water partition coefficient (Wildman–Crippen LogP) is 5.82. The number of nitrogens with one attached hydrogen (secondary N) is 1. The summed E-state index contributed by atoms with van der Waals surface area (Å²) >= 11 is 0. The lowest BCUT2D eigenvalue weighted by Gasteiger charge is -2.23. The van der Waals surface area contributed by atoms with Crippen molar-refractivity contribution in [2.45, 2.75) is 26.7 Å². The number of carbonyl (C=O) groups excluding carboxylic acids is 2. The largest absolute Gasteiger partial charge is 0.494 e. The minimum Gasteiger partial charge on any atom is -0.494 e. The number of H-pyrrole nitrogens is 1. The minimum atomic E-state index is -0.367. The van der Waals surface area contributed by atoms with Gasteiger partial charge in [0.1, 0.15) is 17.3 Å². The van der Waals surface area contributed by atoms with E-state index in [0.717, 1.165) is 47.4 Å². The normalized spacial score (nSPS) is 11.0. The number of methoxy groups -OCH3 is 1. The number of anilines is 1. The van der Waals surface area contributed by atoms with Crippen molar-refractivity contribution in [1.29, 1.82) is 0 Å². The summed E-state index contributed by atoms with van der Waals surface area (Å²) in [7, 11) is 7.25. The fourth-order valence-electron chi connectivity index (χ4n) is 4.71. The number of aromatic amines is 1. The second-order valence-electron chi connectivity index (χ2n) is 9.96. The molecule has 0 aliphatic carbocycles. The number of para-hydroxylation sites is 1. The van der Waals surface area contributed by atoms with Gasteiger partial charge in [-0.25, -0.2) is 9.78 Å². The summed E-state index contributed by atoms with van der Waals surface area (Å²) in [4.78, 5) is 40.8. The molecule has 0 bridgehead atoms. The molecule has 208 valence electrons. The Hall–Kier alpha value is -4.46. The number of aryl methyl sites for hydroxylation is 2. The van der Waals surface area contributed by atoms with Crippen LogP contribution in [0, 0.1) is 13.8 Å². The average molecular weight is 542 g/mol. The summed E-state index contributed by atoms with van der Waals surface area (Å²) in [6.07, 6.45) is 3.49. The second kappa shape index (κ2) is 12.6. The highest BCUT2D eigenvalue weighted by Crippen LogP contribution is 2.43. The fourth-order valence-corrected chi connectivity index (χ4v) is 4.71. The fraction of sp³-hybridized carbons (Fsp3) is 0.323. The molecule has 0 radical (unpaired) electrons. The summed E-state index contributed by atoms with van der Waals surface area (Å²) in [6.45, 7) is 5.38. The number of imidazole rings is 1. The Kier molecular flexibility index (Phi) is 8.99. The predicted molar refractivity (Wildman–Crippen MR) is 158 cm³/mol. The first-order valence-corrected chi connectivity index (χ1v) is 13.2. The molecule has 0 spiro atoms. The van der Waals surface area contributed by atoms with Crippen molar-refractivity contribution >= 4 is 34.4 Å². The number of isocyanates is 1. The Morgan fingerprint density at radius 2 is 1.85 bits per heavy atom. The van der Waals surface area contributed by atoms with Crippen molar-refractivity contribution in [3.63, 3.8) is 0 Å². The lowest BCUT2D eigenvalue weighted by Crippen LogP contribution is -2.27. The Morgan fingerprint density at radius 1 is 1.05 bits per heavy atom. The van der Waals surface area contributed by atoms with Gasteiger partial charge in [-0.15, -0.1) is 0 Å². The van der Waals surface area contributed by atoms with E-state index < -0.39 is 0 Å². The van der Waals surface area contributed by atoms with Crippen LogP contribution < -0.4 is 14.4 Å².